The molecular weight excluding hydrogens is 412 g/mol. The molecule has 0 radical (unpaired) electrons. The highest BCUT2D eigenvalue weighted by molar-refractivity contribution is 7.18. The number of nitrogens with one attached hydrogen (secondary N) is 2. The van der Waals surface area contributed by atoms with Gasteiger partial charge in [0.1, 0.15) is 28.5 Å². The van der Waals surface area contributed by atoms with Gasteiger partial charge in [-0.2, -0.15) is 0 Å². The first-order valence-electron chi connectivity index (χ1n) is 9.62. The topological polar surface area (TPSA) is 85.4 Å². The summed E-state index contributed by atoms with van der Waals surface area (Å²) in [4.78, 5) is 23.5. The number of hydrogen-bond donors (Lipinski definition) is 2. The van der Waals surface area contributed by atoms with Crippen LogP contribution in [0.25, 0.3) is 10.2 Å². The van der Waals surface area contributed by atoms with E-state index in [1.807, 2.05) is 18.2 Å². The second kappa shape index (κ2) is 8.61. The van der Waals surface area contributed by atoms with Crippen molar-refractivity contribution in [2.45, 2.75) is 13.8 Å². The number of nitrogens with zero attached hydrogens (tertiary/aromatic N) is 2. The summed E-state index contributed by atoms with van der Waals surface area (Å²) in [5, 5.41) is 7.21. The van der Waals surface area contributed by atoms with Gasteiger partial charge in [-0.3, -0.25) is 4.79 Å². The minimum Gasteiger partial charge on any atom is -0.494 e. The number of carbonyl (C=O) groups excluding carboxylic acids is 1. The van der Waals surface area contributed by atoms with Gasteiger partial charge in [-0.25, -0.2) is 9.97 Å². The fourth-order valence-corrected chi connectivity index (χ4v) is 4.28. The van der Waals surface area contributed by atoms with E-state index < -0.39 is 0 Å². The molecule has 0 bridgehead atoms. The van der Waals surface area contributed by atoms with Crippen molar-refractivity contribution in [1.29, 1.82) is 0 Å². The van der Waals surface area contributed by atoms with Crippen molar-refractivity contribution in [2.75, 3.05) is 24.9 Å². The molecule has 0 unspecified atom stereocenters. The van der Waals surface area contributed by atoms with Crippen molar-refractivity contribution in [1.82, 2.24) is 9.97 Å². The van der Waals surface area contributed by atoms with Crippen LogP contribution >= 0.6 is 11.3 Å². The van der Waals surface area contributed by atoms with E-state index >= 15 is 0 Å². The van der Waals surface area contributed by atoms with Gasteiger partial charge in [0.25, 0.3) is 5.91 Å². The van der Waals surface area contributed by atoms with Crippen LogP contribution in [-0.2, 0) is 0 Å². The number of carbonyl (C=O) groups is 1. The number of fused-ring (bicyclic) bond motifs is 1. The number of benzene rings is 2. The molecule has 0 aliphatic carbocycles. The van der Waals surface area contributed by atoms with E-state index in [4.69, 9.17) is 9.47 Å². The smallest absolute Gasteiger partial charge is 0.255 e. The summed E-state index contributed by atoms with van der Waals surface area (Å²) in [7, 11) is 3.13. The van der Waals surface area contributed by atoms with E-state index in [-0.39, 0.29) is 5.91 Å². The van der Waals surface area contributed by atoms with Crippen LogP contribution < -0.4 is 20.1 Å². The molecule has 158 valence electrons. The molecule has 1 amide bonds. The minimum absolute atomic E-state index is 0.233. The third kappa shape index (κ3) is 4.02. The Balaban J connectivity index is 1.71. The number of aromatic nitrogens is 2. The average molecular weight is 435 g/mol. The molecule has 31 heavy (non-hydrogen) atoms. The van der Waals surface area contributed by atoms with Crippen LogP contribution in [0.3, 0.4) is 0 Å². The quantitative estimate of drug-likeness (QED) is 0.427. The molecule has 0 saturated heterocycles. The van der Waals surface area contributed by atoms with Crippen LogP contribution in [0.1, 0.15) is 20.8 Å². The zero-order valence-corrected chi connectivity index (χ0v) is 18.5. The molecule has 0 spiro atoms. The highest BCUT2D eigenvalue weighted by Crippen LogP contribution is 2.40. The SMILES string of the molecule is COc1cc(Nc2ncnc3sc(C)c(C)c23)c(OC)cc1NC(=O)c1ccccc1. The molecule has 8 heteroatoms. The molecule has 0 saturated carbocycles. The third-order valence-electron chi connectivity index (χ3n) is 5.02. The molecule has 2 N–H and O–H groups in total. The summed E-state index contributed by atoms with van der Waals surface area (Å²) in [6.07, 6.45) is 1.54. The lowest BCUT2D eigenvalue weighted by atomic mass is 10.1. The standard InChI is InChI=1S/C23H22N4O3S/c1-13-14(2)31-23-20(13)21(24-12-25-23)26-16-10-19(30-4)17(11-18(16)29-3)27-22(28)15-8-6-5-7-9-15/h5-12H,1-4H3,(H,27,28)(H,24,25,26). The minimum atomic E-state index is -0.233. The summed E-state index contributed by atoms with van der Waals surface area (Å²) in [6, 6.07) is 12.5. The van der Waals surface area contributed by atoms with Crippen molar-refractivity contribution in [2.24, 2.45) is 0 Å². The maximum Gasteiger partial charge on any atom is 0.255 e. The van der Waals surface area contributed by atoms with Gasteiger partial charge in [0.15, 0.2) is 0 Å². The molecule has 2 aromatic carbocycles. The molecule has 0 fully saturated rings. The number of amides is 1. The lowest BCUT2D eigenvalue weighted by Gasteiger charge is -2.17. The van der Waals surface area contributed by atoms with Gasteiger partial charge in [-0.1, -0.05) is 18.2 Å². The summed E-state index contributed by atoms with van der Waals surface area (Å²) in [6.45, 7) is 4.13. The average Bonchev–Trinajstić information content (AvgIpc) is 3.09. The number of rotatable bonds is 6. The van der Waals surface area contributed by atoms with E-state index in [1.54, 1.807) is 49.8 Å². The second-order valence-corrected chi connectivity index (χ2v) is 8.09. The Morgan fingerprint density at radius 1 is 0.968 bits per heavy atom. The fraction of sp³-hybridized carbons (Fsp3) is 0.174. The predicted molar refractivity (Wildman–Crippen MR) is 124 cm³/mol. The maximum atomic E-state index is 12.6. The maximum absolute atomic E-state index is 12.6. The Morgan fingerprint density at radius 3 is 2.35 bits per heavy atom. The Bertz CT molecular complexity index is 1250. The first-order valence-corrected chi connectivity index (χ1v) is 10.4. The lowest BCUT2D eigenvalue weighted by molar-refractivity contribution is 0.102. The van der Waals surface area contributed by atoms with E-state index in [0.29, 0.717) is 34.3 Å². The molecule has 2 aromatic heterocycles. The highest BCUT2D eigenvalue weighted by Gasteiger charge is 2.17. The summed E-state index contributed by atoms with van der Waals surface area (Å²) in [5.41, 5.74) is 2.87. The Hall–Kier alpha value is -3.65. The first-order chi connectivity index (χ1) is 15.0. The number of thiophene rings is 1. The summed E-state index contributed by atoms with van der Waals surface area (Å²) < 4.78 is 11.1. The van der Waals surface area contributed by atoms with Gasteiger partial charge in [-0.15, -0.1) is 11.3 Å². The normalized spacial score (nSPS) is 10.7. The molecule has 2 heterocycles. The van der Waals surface area contributed by atoms with Crippen molar-refractivity contribution in [3.05, 3.63) is 64.8 Å². The molecule has 0 aliphatic rings. The second-order valence-electron chi connectivity index (χ2n) is 6.88. The van der Waals surface area contributed by atoms with Crippen LogP contribution in [0.5, 0.6) is 11.5 Å². The molecular formula is C23H22N4O3S. The molecule has 0 aliphatic heterocycles. The number of anilines is 3. The number of methoxy groups -OCH3 is 2. The molecule has 4 aromatic rings. The van der Waals surface area contributed by atoms with Gasteiger partial charge >= 0.3 is 0 Å². The monoisotopic (exact) mass is 434 g/mol. The zero-order valence-electron chi connectivity index (χ0n) is 17.6. The van der Waals surface area contributed by atoms with Crippen molar-refractivity contribution in [3.63, 3.8) is 0 Å². The van der Waals surface area contributed by atoms with Crippen molar-refractivity contribution in [3.8, 4) is 11.5 Å². The van der Waals surface area contributed by atoms with E-state index in [0.717, 1.165) is 15.8 Å². The van der Waals surface area contributed by atoms with Crippen molar-refractivity contribution >= 4 is 44.7 Å². The first kappa shape index (κ1) is 20.6. The molecule has 0 atom stereocenters. The van der Waals surface area contributed by atoms with Crippen LogP contribution in [-0.4, -0.2) is 30.1 Å². The van der Waals surface area contributed by atoms with Crippen LogP contribution in [0.4, 0.5) is 17.2 Å². The number of hydrogen-bond acceptors (Lipinski definition) is 7. The highest BCUT2D eigenvalue weighted by atomic mass is 32.1. The van der Waals surface area contributed by atoms with Crippen molar-refractivity contribution < 1.29 is 14.3 Å². The van der Waals surface area contributed by atoms with Gasteiger partial charge in [0, 0.05) is 22.6 Å². The van der Waals surface area contributed by atoms with Gasteiger partial charge < -0.3 is 20.1 Å². The zero-order chi connectivity index (χ0) is 22.0. The molecule has 4 rings (SSSR count). The van der Waals surface area contributed by atoms with Crippen LogP contribution in [0.15, 0.2) is 48.8 Å². The largest absolute Gasteiger partial charge is 0.494 e. The van der Waals surface area contributed by atoms with E-state index in [1.165, 1.54) is 11.2 Å². The fourth-order valence-electron chi connectivity index (χ4n) is 3.28. The molecule has 7 nitrogen and oxygen atoms in total. The van der Waals surface area contributed by atoms with Gasteiger partial charge in [0.05, 0.1) is 31.0 Å². The summed E-state index contributed by atoms with van der Waals surface area (Å²) >= 11 is 1.63. The third-order valence-corrected chi connectivity index (χ3v) is 6.14. The number of ether oxygens (including phenoxy) is 2. The van der Waals surface area contributed by atoms with Gasteiger partial charge in [0.2, 0.25) is 0 Å². The Morgan fingerprint density at radius 2 is 1.65 bits per heavy atom. The van der Waals surface area contributed by atoms with Crippen LogP contribution in [0.2, 0.25) is 0 Å². The predicted octanol–water partition coefficient (Wildman–Crippen LogP) is 5.32. The Labute approximate surface area is 184 Å². The lowest BCUT2D eigenvalue weighted by Crippen LogP contribution is -2.13. The van der Waals surface area contributed by atoms with E-state index in [2.05, 4.69) is 34.4 Å². The summed E-state index contributed by atoms with van der Waals surface area (Å²) in [5.74, 6) is 1.49. The van der Waals surface area contributed by atoms with E-state index in [9.17, 15) is 4.79 Å². The number of aryl methyl sites for hydroxylation is 2. The van der Waals surface area contributed by atoms with Gasteiger partial charge in [-0.05, 0) is 31.5 Å². The van der Waals surface area contributed by atoms with Crippen LogP contribution in [0, 0.1) is 13.8 Å². The Kier molecular flexibility index (Phi) is 5.73.